The standard InChI is InChI=1S/C14H17NO4/c1-8(16)12(14(18)19)15-13(17)11-6-9-4-2-3-5-10(9)7-11/h2-5,8,11-12,16H,6-7H2,1H3,(H,15,17)(H,18,19)/t8-,12+/m1/s1. The van der Waals surface area contributed by atoms with Crippen molar-refractivity contribution in [2.24, 2.45) is 5.92 Å². The van der Waals surface area contributed by atoms with E-state index in [1.807, 2.05) is 24.3 Å². The van der Waals surface area contributed by atoms with Gasteiger partial charge in [-0.3, -0.25) is 4.79 Å². The highest BCUT2D eigenvalue weighted by Gasteiger charge is 2.31. The molecule has 0 heterocycles. The van der Waals surface area contributed by atoms with Gasteiger partial charge in [-0.05, 0) is 30.9 Å². The molecule has 1 aromatic carbocycles. The van der Waals surface area contributed by atoms with E-state index in [0.29, 0.717) is 12.8 Å². The molecule has 0 fully saturated rings. The number of rotatable bonds is 4. The van der Waals surface area contributed by atoms with Crippen molar-refractivity contribution in [2.45, 2.75) is 31.9 Å². The Labute approximate surface area is 111 Å². The van der Waals surface area contributed by atoms with Crippen molar-refractivity contribution >= 4 is 11.9 Å². The second-order valence-electron chi connectivity index (χ2n) is 4.94. The molecule has 0 radical (unpaired) electrons. The van der Waals surface area contributed by atoms with Crippen LogP contribution in [0.2, 0.25) is 0 Å². The van der Waals surface area contributed by atoms with Gasteiger partial charge in [-0.15, -0.1) is 0 Å². The number of aliphatic hydroxyl groups is 1. The Kier molecular flexibility index (Phi) is 3.85. The minimum Gasteiger partial charge on any atom is -0.480 e. The monoisotopic (exact) mass is 263 g/mol. The molecule has 3 N–H and O–H groups in total. The van der Waals surface area contributed by atoms with Gasteiger partial charge in [-0.25, -0.2) is 4.79 Å². The summed E-state index contributed by atoms with van der Waals surface area (Å²) in [6.45, 7) is 1.35. The van der Waals surface area contributed by atoms with Gasteiger partial charge >= 0.3 is 5.97 Å². The van der Waals surface area contributed by atoms with E-state index in [1.54, 1.807) is 0 Å². The summed E-state index contributed by atoms with van der Waals surface area (Å²) in [4.78, 5) is 23.0. The lowest BCUT2D eigenvalue weighted by molar-refractivity contribution is -0.145. The van der Waals surface area contributed by atoms with Crippen LogP contribution in [0.1, 0.15) is 18.1 Å². The first kappa shape index (κ1) is 13.5. The molecule has 0 unspecified atom stereocenters. The quantitative estimate of drug-likeness (QED) is 0.731. The van der Waals surface area contributed by atoms with E-state index in [0.717, 1.165) is 11.1 Å². The lowest BCUT2D eigenvalue weighted by Crippen LogP contribution is -2.49. The van der Waals surface area contributed by atoms with Crippen LogP contribution in [-0.2, 0) is 22.4 Å². The number of aliphatic hydroxyl groups excluding tert-OH is 1. The second kappa shape index (κ2) is 5.40. The summed E-state index contributed by atoms with van der Waals surface area (Å²) in [7, 11) is 0. The van der Waals surface area contributed by atoms with Gasteiger partial charge in [-0.2, -0.15) is 0 Å². The first-order valence-corrected chi connectivity index (χ1v) is 6.27. The molecule has 1 aliphatic carbocycles. The van der Waals surface area contributed by atoms with Crippen LogP contribution in [0.25, 0.3) is 0 Å². The average molecular weight is 263 g/mol. The fraction of sp³-hybridized carbons (Fsp3) is 0.429. The van der Waals surface area contributed by atoms with Crippen molar-refractivity contribution in [1.82, 2.24) is 5.32 Å². The Morgan fingerprint density at radius 3 is 2.21 bits per heavy atom. The van der Waals surface area contributed by atoms with Crippen LogP contribution in [0.3, 0.4) is 0 Å². The molecule has 0 aromatic heterocycles. The molecule has 0 saturated heterocycles. The lowest BCUT2D eigenvalue weighted by atomic mass is 10.0. The maximum absolute atomic E-state index is 12.0. The number of fused-ring (bicyclic) bond motifs is 1. The van der Waals surface area contributed by atoms with Crippen LogP contribution in [-0.4, -0.2) is 34.2 Å². The van der Waals surface area contributed by atoms with Gasteiger partial charge < -0.3 is 15.5 Å². The van der Waals surface area contributed by atoms with Gasteiger partial charge in [0.2, 0.25) is 5.91 Å². The molecule has 1 aromatic rings. The van der Waals surface area contributed by atoms with Gasteiger partial charge in [0, 0.05) is 5.92 Å². The normalized spacial score (nSPS) is 17.6. The molecular weight excluding hydrogens is 246 g/mol. The van der Waals surface area contributed by atoms with Gasteiger partial charge in [0.15, 0.2) is 6.04 Å². The predicted octanol–water partition coefficient (Wildman–Crippen LogP) is 0.352. The fourth-order valence-corrected chi connectivity index (χ4v) is 2.40. The van der Waals surface area contributed by atoms with Crippen molar-refractivity contribution < 1.29 is 19.8 Å². The van der Waals surface area contributed by atoms with Crippen molar-refractivity contribution in [2.75, 3.05) is 0 Å². The molecule has 0 bridgehead atoms. The van der Waals surface area contributed by atoms with Crippen molar-refractivity contribution in [3.8, 4) is 0 Å². The number of benzene rings is 1. The highest BCUT2D eigenvalue weighted by Crippen LogP contribution is 2.26. The van der Waals surface area contributed by atoms with Crippen LogP contribution < -0.4 is 5.32 Å². The Morgan fingerprint density at radius 2 is 1.79 bits per heavy atom. The Morgan fingerprint density at radius 1 is 1.26 bits per heavy atom. The van der Waals surface area contributed by atoms with E-state index >= 15 is 0 Å². The highest BCUT2D eigenvalue weighted by atomic mass is 16.4. The van der Waals surface area contributed by atoms with E-state index in [2.05, 4.69) is 5.32 Å². The van der Waals surface area contributed by atoms with Gasteiger partial charge in [-0.1, -0.05) is 24.3 Å². The average Bonchev–Trinajstić information content (AvgIpc) is 2.78. The van der Waals surface area contributed by atoms with Crippen molar-refractivity contribution in [3.63, 3.8) is 0 Å². The maximum Gasteiger partial charge on any atom is 0.328 e. The van der Waals surface area contributed by atoms with E-state index in [-0.39, 0.29) is 11.8 Å². The topological polar surface area (TPSA) is 86.6 Å². The summed E-state index contributed by atoms with van der Waals surface area (Å²) >= 11 is 0. The van der Waals surface area contributed by atoms with Gasteiger partial charge in [0.05, 0.1) is 6.10 Å². The maximum atomic E-state index is 12.0. The summed E-state index contributed by atoms with van der Waals surface area (Å²) in [6, 6.07) is 6.55. The molecule has 0 saturated carbocycles. The highest BCUT2D eigenvalue weighted by molar-refractivity contribution is 5.86. The zero-order valence-electron chi connectivity index (χ0n) is 10.7. The minimum atomic E-state index is -1.25. The number of carboxylic acids is 1. The smallest absolute Gasteiger partial charge is 0.328 e. The molecule has 5 nitrogen and oxygen atoms in total. The summed E-state index contributed by atoms with van der Waals surface area (Å²) in [5.41, 5.74) is 2.26. The van der Waals surface area contributed by atoms with Crippen molar-refractivity contribution in [1.29, 1.82) is 0 Å². The van der Waals surface area contributed by atoms with Crippen LogP contribution >= 0.6 is 0 Å². The van der Waals surface area contributed by atoms with Crippen molar-refractivity contribution in [3.05, 3.63) is 35.4 Å². The van der Waals surface area contributed by atoms with Crippen LogP contribution in [0, 0.1) is 5.92 Å². The molecule has 1 amide bonds. The van der Waals surface area contributed by atoms with Crippen LogP contribution in [0.4, 0.5) is 0 Å². The molecule has 0 spiro atoms. The molecule has 2 rings (SSSR count). The summed E-state index contributed by atoms with van der Waals surface area (Å²) in [6.07, 6.45) is 0.118. The summed E-state index contributed by atoms with van der Waals surface area (Å²) in [5.74, 6) is -1.79. The van der Waals surface area contributed by atoms with E-state index < -0.39 is 18.1 Å². The molecular formula is C14H17NO4. The van der Waals surface area contributed by atoms with E-state index in [4.69, 9.17) is 5.11 Å². The number of nitrogens with one attached hydrogen (secondary N) is 1. The van der Waals surface area contributed by atoms with Crippen LogP contribution in [0.15, 0.2) is 24.3 Å². The van der Waals surface area contributed by atoms with E-state index in [1.165, 1.54) is 6.92 Å². The third kappa shape index (κ3) is 2.93. The number of carbonyl (C=O) groups is 2. The molecule has 1 aliphatic rings. The summed E-state index contributed by atoms with van der Waals surface area (Å²) in [5, 5.41) is 20.7. The predicted molar refractivity (Wildman–Crippen MR) is 68.6 cm³/mol. The number of hydrogen-bond donors (Lipinski definition) is 3. The van der Waals surface area contributed by atoms with E-state index in [9.17, 15) is 14.7 Å². The fourth-order valence-electron chi connectivity index (χ4n) is 2.40. The van der Waals surface area contributed by atoms with Gasteiger partial charge in [0.1, 0.15) is 0 Å². The third-order valence-electron chi connectivity index (χ3n) is 3.47. The first-order valence-electron chi connectivity index (χ1n) is 6.27. The Balaban J connectivity index is 2.01. The number of carbonyl (C=O) groups excluding carboxylic acids is 1. The zero-order chi connectivity index (χ0) is 14.0. The summed E-state index contributed by atoms with van der Waals surface area (Å²) < 4.78 is 0. The second-order valence-corrected chi connectivity index (χ2v) is 4.94. The molecule has 0 aliphatic heterocycles. The first-order chi connectivity index (χ1) is 8.99. The molecule has 19 heavy (non-hydrogen) atoms. The molecule has 2 atom stereocenters. The zero-order valence-corrected chi connectivity index (χ0v) is 10.7. The number of amides is 1. The molecule has 5 heteroatoms. The van der Waals surface area contributed by atoms with Gasteiger partial charge in [0.25, 0.3) is 0 Å². The third-order valence-corrected chi connectivity index (χ3v) is 3.47. The number of hydrogen-bond acceptors (Lipinski definition) is 3. The number of aliphatic carboxylic acids is 1. The Bertz CT molecular complexity index is 473. The largest absolute Gasteiger partial charge is 0.480 e. The number of carboxylic acid groups (broad SMARTS) is 1. The molecule has 102 valence electrons. The lowest BCUT2D eigenvalue weighted by Gasteiger charge is -2.19. The minimum absolute atomic E-state index is 0.252. The Hall–Kier alpha value is -1.88. The SMILES string of the molecule is C[C@@H](O)[C@H](NC(=O)C1Cc2ccccc2C1)C(=O)O. The van der Waals surface area contributed by atoms with Crippen LogP contribution in [0.5, 0.6) is 0 Å².